The standard InChI is InChI=1S/C15H10O6/c16-8-5-11(19)14-12(6-8)21-13(15(14)20)4-7-1-2-9(17)10(18)3-7/h1-6,16-19H/p-1/b13-4-. The fourth-order valence-corrected chi connectivity index (χ4v) is 2.05. The summed E-state index contributed by atoms with van der Waals surface area (Å²) in [5, 5.41) is 39.5. The Labute approximate surface area is 118 Å². The Morgan fingerprint density at radius 2 is 1.81 bits per heavy atom. The molecule has 0 aromatic heterocycles. The first-order valence-corrected chi connectivity index (χ1v) is 5.96. The number of phenols is 3. The van der Waals surface area contributed by atoms with Crippen molar-refractivity contribution in [1.29, 1.82) is 0 Å². The summed E-state index contributed by atoms with van der Waals surface area (Å²) in [7, 11) is 0. The van der Waals surface area contributed by atoms with Crippen molar-refractivity contribution in [3.05, 3.63) is 47.2 Å². The van der Waals surface area contributed by atoms with E-state index in [9.17, 15) is 25.2 Å². The van der Waals surface area contributed by atoms with Crippen LogP contribution in [0.4, 0.5) is 0 Å². The van der Waals surface area contributed by atoms with Gasteiger partial charge in [-0.1, -0.05) is 17.9 Å². The molecule has 0 amide bonds. The van der Waals surface area contributed by atoms with Crippen LogP contribution in [-0.4, -0.2) is 21.1 Å². The second-order valence-corrected chi connectivity index (χ2v) is 4.50. The van der Waals surface area contributed by atoms with E-state index in [1.54, 1.807) is 0 Å². The maximum Gasteiger partial charge on any atom is 0.235 e. The van der Waals surface area contributed by atoms with Gasteiger partial charge in [0.25, 0.3) is 0 Å². The topological polar surface area (TPSA) is 110 Å². The Balaban J connectivity index is 2.03. The van der Waals surface area contributed by atoms with Crippen molar-refractivity contribution in [2.75, 3.05) is 0 Å². The molecule has 2 aromatic carbocycles. The van der Waals surface area contributed by atoms with Crippen LogP contribution in [0.5, 0.6) is 28.7 Å². The summed E-state index contributed by atoms with van der Waals surface area (Å²) in [5.74, 6) is -2.15. The average Bonchev–Trinajstić information content (AvgIpc) is 2.70. The fourth-order valence-electron chi connectivity index (χ4n) is 2.05. The van der Waals surface area contributed by atoms with Gasteiger partial charge in [-0.25, -0.2) is 0 Å². The number of ether oxygens (including phenoxy) is 1. The fraction of sp³-hybridized carbons (Fsp3) is 0. The van der Waals surface area contributed by atoms with Gasteiger partial charge in [-0.2, -0.15) is 0 Å². The Morgan fingerprint density at radius 1 is 1.05 bits per heavy atom. The van der Waals surface area contributed by atoms with E-state index in [-0.39, 0.29) is 28.6 Å². The van der Waals surface area contributed by atoms with Gasteiger partial charge in [-0.3, -0.25) is 4.79 Å². The molecule has 0 spiro atoms. The predicted octanol–water partition coefficient (Wildman–Crippen LogP) is 1.49. The molecule has 0 radical (unpaired) electrons. The molecule has 1 aliphatic heterocycles. The number of carbonyl (C=O) groups excluding carboxylic acids is 1. The van der Waals surface area contributed by atoms with Crippen LogP contribution < -0.4 is 9.84 Å². The van der Waals surface area contributed by atoms with E-state index in [0.29, 0.717) is 5.56 Å². The van der Waals surface area contributed by atoms with Crippen LogP contribution in [0.25, 0.3) is 6.08 Å². The Kier molecular flexibility index (Phi) is 2.72. The summed E-state index contributed by atoms with van der Waals surface area (Å²) >= 11 is 0. The van der Waals surface area contributed by atoms with Gasteiger partial charge in [0.1, 0.15) is 28.6 Å². The zero-order valence-electron chi connectivity index (χ0n) is 10.5. The van der Waals surface area contributed by atoms with Crippen LogP contribution in [0.3, 0.4) is 0 Å². The molecule has 21 heavy (non-hydrogen) atoms. The number of rotatable bonds is 1. The SMILES string of the molecule is O=C1/C(=C/c2ccc([O-])c(O)c2)Oc2cc(O)cc(O)c21. The molecule has 106 valence electrons. The lowest BCUT2D eigenvalue weighted by molar-refractivity contribution is -0.270. The van der Waals surface area contributed by atoms with E-state index < -0.39 is 17.3 Å². The van der Waals surface area contributed by atoms with Crippen molar-refractivity contribution in [1.82, 2.24) is 0 Å². The number of aromatic hydroxyl groups is 3. The van der Waals surface area contributed by atoms with Crippen molar-refractivity contribution in [3.8, 4) is 28.7 Å². The molecule has 3 N–H and O–H groups in total. The molecule has 0 unspecified atom stereocenters. The monoisotopic (exact) mass is 285 g/mol. The number of fused-ring (bicyclic) bond motifs is 1. The number of ketones is 1. The quantitative estimate of drug-likeness (QED) is 0.685. The molecule has 0 saturated carbocycles. The van der Waals surface area contributed by atoms with Crippen LogP contribution in [0.15, 0.2) is 36.1 Å². The van der Waals surface area contributed by atoms with Crippen LogP contribution in [-0.2, 0) is 0 Å². The Bertz CT molecular complexity index is 791. The molecule has 1 heterocycles. The lowest BCUT2D eigenvalue weighted by Crippen LogP contribution is -1.98. The predicted molar refractivity (Wildman–Crippen MR) is 70.3 cm³/mol. The molecule has 0 bridgehead atoms. The lowest BCUT2D eigenvalue weighted by atomic mass is 10.1. The third-order valence-corrected chi connectivity index (χ3v) is 3.02. The number of carbonyl (C=O) groups is 1. The largest absolute Gasteiger partial charge is 0.870 e. The highest BCUT2D eigenvalue weighted by Gasteiger charge is 2.31. The van der Waals surface area contributed by atoms with Crippen LogP contribution >= 0.6 is 0 Å². The number of hydrogen-bond acceptors (Lipinski definition) is 6. The minimum atomic E-state index is -0.548. The zero-order valence-corrected chi connectivity index (χ0v) is 10.5. The molecular formula is C15H9O6-. The first kappa shape index (κ1) is 12.9. The summed E-state index contributed by atoms with van der Waals surface area (Å²) in [5.41, 5.74) is 0.357. The molecule has 6 nitrogen and oxygen atoms in total. The van der Waals surface area contributed by atoms with E-state index in [0.717, 1.165) is 12.1 Å². The van der Waals surface area contributed by atoms with Crippen molar-refractivity contribution >= 4 is 11.9 Å². The first-order chi connectivity index (χ1) is 9.95. The molecule has 3 rings (SSSR count). The molecule has 0 aliphatic carbocycles. The molecule has 1 aliphatic rings. The minimum Gasteiger partial charge on any atom is -0.870 e. The number of benzene rings is 2. The first-order valence-electron chi connectivity index (χ1n) is 5.96. The van der Waals surface area contributed by atoms with Crippen molar-refractivity contribution in [2.45, 2.75) is 0 Å². The summed E-state index contributed by atoms with van der Waals surface area (Å²) in [6.07, 6.45) is 1.33. The van der Waals surface area contributed by atoms with Crippen molar-refractivity contribution in [3.63, 3.8) is 0 Å². The summed E-state index contributed by atoms with van der Waals surface area (Å²) in [6.45, 7) is 0. The summed E-state index contributed by atoms with van der Waals surface area (Å²) in [4.78, 5) is 12.1. The summed E-state index contributed by atoms with van der Waals surface area (Å²) < 4.78 is 5.29. The van der Waals surface area contributed by atoms with Gasteiger partial charge in [0.2, 0.25) is 5.78 Å². The number of phenolic OH excluding ortho intramolecular Hbond substituents is 3. The van der Waals surface area contributed by atoms with Gasteiger partial charge in [0.05, 0.1) is 0 Å². The third kappa shape index (κ3) is 2.12. The van der Waals surface area contributed by atoms with Crippen LogP contribution in [0.1, 0.15) is 15.9 Å². The third-order valence-electron chi connectivity index (χ3n) is 3.02. The van der Waals surface area contributed by atoms with Gasteiger partial charge in [-0.15, -0.1) is 0 Å². The van der Waals surface area contributed by atoms with E-state index in [1.807, 2.05) is 0 Å². The molecule has 0 saturated heterocycles. The highest BCUT2D eigenvalue weighted by molar-refractivity contribution is 6.16. The van der Waals surface area contributed by atoms with Gasteiger partial charge >= 0.3 is 0 Å². The highest BCUT2D eigenvalue weighted by Crippen LogP contribution is 2.40. The van der Waals surface area contributed by atoms with Crippen LogP contribution in [0.2, 0.25) is 0 Å². The lowest BCUT2D eigenvalue weighted by Gasteiger charge is -2.08. The number of allylic oxidation sites excluding steroid dienone is 1. The zero-order chi connectivity index (χ0) is 15.1. The van der Waals surface area contributed by atoms with E-state index in [1.165, 1.54) is 24.3 Å². The summed E-state index contributed by atoms with van der Waals surface area (Å²) in [6, 6.07) is 6.04. The highest BCUT2D eigenvalue weighted by atomic mass is 16.5. The Hall–Kier alpha value is -3.15. The normalized spacial score (nSPS) is 15.0. The van der Waals surface area contributed by atoms with Crippen molar-refractivity contribution in [2.24, 2.45) is 0 Å². The van der Waals surface area contributed by atoms with Gasteiger partial charge < -0.3 is 25.2 Å². The smallest absolute Gasteiger partial charge is 0.235 e. The van der Waals surface area contributed by atoms with Gasteiger partial charge in [-0.05, 0) is 17.7 Å². The number of hydrogen-bond donors (Lipinski definition) is 3. The second-order valence-electron chi connectivity index (χ2n) is 4.50. The molecular weight excluding hydrogens is 276 g/mol. The molecule has 0 atom stereocenters. The number of Topliss-reactive ketones (excluding diaryl/α,β-unsaturated/α-hetero) is 1. The maximum atomic E-state index is 12.1. The van der Waals surface area contributed by atoms with E-state index in [2.05, 4.69) is 0 Å². The van der Waals surface area contributed by atoms with Crippen molar-refractivity contribution < 1.29 is 30.0 Å². The average molecular weight is 285 g/mol. The van der Waals surface area contributed by atoms with E-state index in [4.69, 9.17) is 4.74 Å². The Morgan fingerprint density at radius 3 is 2.52 bits per heavy atom. The van der Waals surface area contributed by atoms with Gasteiger partial charge in [0, 0.05) is 12.1 Å². The molecule has 0 fully saturated rings. The van der Waals surface area contributed by atoms with Gasteiger partial charge in [0.15, 0.2) is 5.76 Å². The molecule has 6 heteroatoms. The second kappa shape index (κ2) is 4.45. The van der Waals surface area contributed by atoms with E-state index >= 15 is 0 Å². The van der Waals surface area contributed by atoms with Crippen LogP contribution in [0, 0.1) is 0 Å². The molecule has 2 aromatic rings. The minimum absolute atomic E-state index is 0.0382. The maximum absolute atomic E-state index is 12.1.